The molecule has 144 valence electrons. The highest BCUT2D eigenvalue weighted by molar-refractivity contribution is 8.00. The second kappa shape index (κ2) is 7.24. The summed E-state index contributed by atoms with van der Waals surface area (Å²) in [6.45, 7) is 1.87. The van der Waals surface area contributed by atoms with Gasteiger partial charge in [-0.05, 0) is 36.8 Å². The highest BCUT2D eigenvalue weighted by Gasteiger charge is 2.38. The van der Waals surface area contributed by atoms with Crippen LogP contribution in [-0.2, 0) is 11.8 Å². The van der Waals surface area contributed by atoms with Gasteiger partial charge in [0.05, 0.1) is 24.2 Å². The molecule has 1 aliphatic heterocycles. The first-order valence-electron chi connectivity index (χ1n) is 8.94. The van der Waals surface area contributed by atoms with E-state index in [0.29, 0.717) is 11.4 Å². The van der Waals surface area contributed by atoms with Crippen LogP contribution in [0.25, 0.3) is 5.69 Å². The molecule has 1 aliphatic rings. The number of anilines is 1. The number of thioether (sulfide) groups is 1. The Kier molecular flexibility index (Phi) is 4.77. The van der Waals surface area contributed by atoms with Crippen LogP contribution in [0.5, 0.6) is 5.75 Å². The largest absolute Gasteiger partial charge is 0.497 e. The highest BCUT2D eigenvalue weighted by Crippen LogP contribution is 2.42. The fraction of sp³-hybridized carbons (Fsp3) is 0.238. The molecule has 28 heavy (non-hydrogen) atoms. The number of nitrogens with zero attached hydrogens (tertiary/aromatic N) is 3. The number of amides is 1. The second-order valence-electron chi connectivity index (χ2n) is 6.61. The topological polar surface area (TPSA) is 56.5 Å². The van der Waals surface area contributed by atoms with Crippen molar-refractivity contribution in [2.75, 3.05) is 17.8 Å². The Morgan fingerprint density at radius 3 is 2.36 bits per heavy atom. The average molecular weight is 395 g/mol. The standard InChI is InChI=1S/C21H21N3O3S/c1-14-19(20(26)24(22(14)2)16-7-5-4-6-8-16)23-18(25)13-28-21(23)15-9-11-17(27-3)12-10-15/h4-12,21H,13H2,1-3H3. The van der Waals surface area contributed by atoms with Crippen LogP contribution in [0.3, 0.4) is 0 Å². The van der Waals surface area contributed by atoms with Crippen LogP contribution in [0.4, 0.5) is 5.69 Å². The zero-order valence-electron chi connectivity index (χ0n) is 16.0. The summed E-state index contributed by atoms with van der Waals surface area (Å²) in [5, 5.41) is -0.239. The molecule has 1 aromatic heterocycles. The summed E-state index contributed by atoms with van der Waals surface area (Å²) in [7, 11) is 3.46. The van der Waals surface area contributed by atoms with Gasteiger partial charge in [-0.3, -0.25) is 19.2 Å². The quantitative estimate of drug-likeness (QED) is 0.680. The molecule has 0 spiro atoms. The van der Waals surface area contributed by atoms with Gasteiger partial charge in [0.2, 0.25) is 5.91 Å². The van der Waals surface area contributed by atoms with Gasteiger partial charge in [0.15, 0.2) is 0 Å². The first-order valence-corrected chi connectivity index (χ1v) is 9.99. The Bertz CT molecular complexity index is 1070. The molecule has 0 radical (unpaired) electrons. The minimum absolute atomic E-state index is 0.0585. The molecule has 1 saturated heterocycles. The monoisotopic (exact) mass is 395 g/mol. The fourth-order valence-electron chi connectivity index (χ4n) is 3.51. The van der Waals surface area contributed by atoms with E-state index in [0.717, 1.165) is 22.7 Å². The molecule has 0 bridgehead atoms. The lowest BCUT2D eigenvalue weighted by atomic mass is 10.2. The molecule has 1 unspecified atom stereocenters. The maximum Gasteiger partial charge on any atom is 0.295 e. The number of methoxy groups -OCH3 is 1. The smallest absolute Gasteiger partial charge is 0.295 e. The number of rotatable bonds is 4. The van der Waals surface area contributed by atoms with Crippen molar-refractivity contribution in [2.24, 2.45) is 7.05 Å². The lowest BCUT2D eigenvalue weighted by molar-refractivity contribution is -0.115. The molecule has 1 atom stereocenters. The Morgan fingerprint density at radius 2 is 1.71 bits per heavy atom. The van der Waals surface area contributed by atoms with Crippen LogP contribution in [0, 0.1) is 6.92 Å². The van der Waals surface area contributed by atoms with E-state index in [-0.39, 0.29) is 16.8 Å². The third-order valence-electron chi connectivity index (χ3n) is 5.03. The van der Waals surface area contributed by atoms with Crippen LogP contribution in [-0.4, -0.2) is 28.1 Å². The zero-order valence-corrected chi connectivity index (χ0v) is 16.8. The van der Waals surface area contributed by atoms with Gasteiger partial charge >= 0.3 is 0 Å². The summed E-state index contributed by atoms with van der Waals surface area (Å²) in [6, 6.07) is 17.1. The van der Waals surface area contributed by atoms with Crippen LogP contribution in [0.2, 0.25) is 0 Å². The average Bonchev–Trinajstić information content (AvgIpc) is 3.19. The first-order chi connectivity index (χ1) is 13.5. The molecule has 7 heteroatoms. The van der Waals surface area contributed by atoms with Crippen molar-refractivity contribution in [3.05, 3.63) is 76.2 Å². The predicted molar refractivity (Wildman–Crippen MR) is 111 cm³/mol. The van der Waals surface area contributed by atoms with Crippen molar-refractivity contribution in [1.82, 2.24) is 9.36 Å². The maximum atomic E-state index is 13.3. The van der Waals surface area contributed by atoms with Crippen LogP contribution < -0.4 is 15.2 Å². The summed E-state index contributed by atoms with van der Waals surface area (Å²) >= 11 is 1.53. The van der Waals surface area contributed by atoms with E-state index in [1.807, 2.05) is 68.6 Å². The first kappa shape index (κ1) is 18.4. The molecular formula is C21H21N3O3S. The lowest BCUT2D eigenvalue weighted by Crippen LogP contribution is -2.33. The Hall–Kier alpha value is -2.93. The minimum atomic E-state index is -0.239. The fourth-order valence-corrected chi connectivity index (χ4v) is 4.67. The number of benzene rings is 2. The van der Waals surface area contributed by atoms with E-state index in [1.54, 1.807) is 21.4 Å². The molecular weight excluding hydrogens is 374 g/mol. The maximum absolute atomic E-state index is 13.3. The number of hydrogen-bond donors (Lipinski definition) is 0. The number of carbonyl (C=O) groups excluding carboxylic acids is 1. The van der Waals surface area contributed by atoms with E-state index in [9.17, 15) is 9.59 Å². The third-order valence-corrected chi connectivity index (χ3v) is 6.25. The molecule has 3 aromatic rings. The number of carbonyl (C=O) groups is 1. The highest BCUT2D eigenvalue weighted by atomic mass is 32.2. The van der Waals surface area contributed by atoms with E-state index in [4.69, 9.17) is 4.74 Å². The van der Waals surface area contributed by atoms with Gasteiger partial charge < -0.3 is 4.74 Å². The summed E-state index contributed by atoms with van der Waals surface area (Å²) in [5.74, 6) is 1.04. The summed E-state index contributed by atoms with van der Waals surface area (Å²) in [5.41, 5.74) is 2.72. The zero-order chi connectivity index (χ0) is 19.8. The van der Waals surface area contributed by atoms with Crippen molar-refractivity contribution in [3.63, 3.8) is 0 Å². The van der Waals surface area contributed by atoms with Gasteiger partial charge in [-0.15, -0.1) is 11.8 Å². The van der Waals surface area contributed by atoms with Crippen molar-refractivity contribution in [1.29, 1.82) is 0 Å². The predicted octanol–water partition coefficient (Wildman–Crippen LogP) is 3.27. The normalized spacial score (nSPS) is 16.6. The number of ether oxygens (including phenoxy) is 1. The summed E-state index contributed by atoms with van der Waals surface area (Å²) < 4.78 is 8.63. The molecule has 6 nitrogen and oxygen atoms in total. The Labute approximate surface area is 167 Å². The number of hydrogen-bond acceptors (Lipinski definition) is 4. The Morgan fingerprint density at radius 1 is 1.04 bits per heavy atom. The molecule has 2 heterocycles. The van der Waals surface area contributed by atoms with E-state index in [2.05, 4.69) is 0 Å². The van der Waals surface area contributed by atoms with Crippen LogP contribution in [0.1, 0.15) is 16.6 Å². The van der Waals surface area contributed by atoms with Gasteiger partial charge in [0, 0.05) is 7.05 Å². The van der Waals surface area contributed by atoms with Gasteiger partial charge in [0.1, 0.15) is 16.8 Å². The van der Waals surface area contributed by atoms with Crippen molar-refractivity contribution in [2.45, 2.75) is 12.3 Å². The molecule has 0 aliphatic carbocycles. The van der Waals surface area contributed by atoms with E-state index < -0.39 is 0 Å². The molecule has 0 N–H and O–H groups in total. The second-order valence-corrected chi connectivity index (χ2v) is 7.68. The van der Waals surface area contributed by atoms with Gasteiger partial charge in [0.25, 0.3) is 5.56 Å². The molecule has 1 fully saturated rings. The molecule has 4 rings (SSSR count). The van der Waals surface area contributed by atoms with Crippen LogP contribution >= 0.6 is 11.8 Å². The van der Waals surface area contributed by atoms with Crippen molar-refractivity contribution < 1.29 is 9.53 Å². The minimum Gasteiger partial charge on any atom is -0.497 e. The number of aromatic nitrogens is 2. The third kappa shape index (κ3) is 2.92. The van der Waals surface area contributed by atoms with Crippen molar-refractivity contribution >= 4 is 23.4 Å². The van der Waals surface area contributed by atoms with Crippen molar-refractivity contribution in [3.8, 4) is 11.4 Å². The summed E-state index contributed by atoms with van der Waals surface area (Å²) in [4.78, 5) is 27.7. The lowest BCUT2D eigenvalue weighted by Gasteiger charge is -2.23. The summed E-state index contributed by atoms with van der Waals surface area (Å²) in [6.07, 6.45) is 0. The van der Waals surface area contributed by atoms with Gasteiger partial charge in [-0.1, -0.05) is 30.3 Å². The van der Waals surface area contributed by atoms with Gasteiger partial charge in [-0.25, -0.2) is 4.68 Å². The molecule has 2 aromatic carbocycles. The SMILES string of the molecule is COc1ccc(C2SCC(=O)N2c2c(C)n(C)n(-c3ccccc3)c2=O)cc1. The Balaban J connectivity index is 1.82. The number of para-hydroxylation sites is 1. The van der Waals surface area contributed by atoms with Crippen LogP contribution in [0.15, 0.2) is 59.4 Å². The van der Waals surface area contributed by atoms with Gasteiger partial charge in [-0.2, -0.15) is 0 Å². The molecule has 1 amide bonds. The molecule has 0 saturated carbocycles. The van der Waals surface area contributed by atoms with E-state index in [1.165, 1.54) is 11.8 Å². The van der Waals surface area contributed by atoms with E-state index >= 15 is 0 Å².